The van der Waals surface area contributed by atoms with Crippen molar-refractivity contribution in [3.05, 3.63) is 48.1 Å². The van der Waals surface area contributed by atoms with Crippen LogP contribution in [0, 0.1) is 0 Å². The van der Waals surface area contributed by atoms with Gasteiger partial charge in [0, 0.05) is 6.08 Å². The van der Waals surface area contributed by atoms with Crippen molar-refractivity contribution in [2.45, 2.75) is 13.0 Å². The van der Waals surface area contributed by atoms with Crippen LogP contribution in [0.15, 0.2) is 36.5 Å². The highest BCUT2D eigenvalue weighted by molar-refractivity contribution is 5.90. The molecule has 1 aromatic carbocycles. The quantitative estimate of drug-likeness (QED) is 0.382. The standard InChI is InChI=1S/C14H14N6O2/c1-9(14-15-11-4-2-3-5-12(11)16-14)20-8-10(17-19-20)6-7-13(21)18-22/h2-9,22H,1H3,(H,15,16)(H,18,21). The molecule has 22 heavy (non-hydrogen) atoms. The van der Waals surface area contributed by atoms with E-state index in [-0.39, 0.29) is 6.04 Å². The van der Waals surface area contributed by atoms with Crippen LogP contribution in [0.3, 0.4) is 0 Å². The zero-order chi connectivity index (χ0) is 15.5. The summed E-state index contributed by atoms with van der Waals surface area (Å²) in [7, 11) is 0. The average molecular weight is 298 g/mol. The fourth-order valence-electron chi connectivity index (χ4n) is 2.05. The monoisotopic (exact) mass is 298 g/mol. The summed E-state index contributed by atoms with van der Waals surface area (Å²) in [4.78, 5) is 18.7. The molecule has 0 aliphatic rings. The summed E-state index contributed by atoms with van der Waals surface area (Å²) >= 11 is 0. The number of carbonyl (C=O) groups excluding carboxylic acids is 1. The molecule has 0 fully saturated rings. The van der Waals surface area contributed by atoms with Gasteiger partial charge in [-0.25, -0.2) is 15.1 Å². The number of para-hydroxylation sites is 2. The molecule has 0 saturated carbocycles. The Morgan fingerprint density at radius 2 is 2.27 bits per heavy atom. The van der Waals surface area contributed by atoms with Crippen LogP contribution in [0.1, 0.15) is 24.5 Å². The van der Waals surface area contributed by atoms with Crippen molar-refractivity contribution in [1.82, 2.24) is 30.4 Å². The van der Waals surface area contributed by atoms with E-state index in [4.69, 9.17) is 5.21 Å². The van der Waals surface area contributed by atoms with E-state index in [1.165, 1.54) is 17.6 Å². The fraction of sp³-hybridized carbons (Fsp3) is 0.143. The minimum atomic E-state index is -0.625. The van der Waals surface area contributed by atoms with Gasteiger partial charge < -0.3 is 4.98 Å². The van der Waals surface area contributed by atoms with Gasteiger partial charge in [-0.2, -0.15) is 0 Å². The molecule has 3 aromatic rings. The molecule has 8 heteroatoms. The van der Waals surface area contributed by atoms with Crippen LogP contribution < -0.4 is 5.48 Å². The zero-order valence-corrected chi connectivity index (χ0v) is 11.8. The Labute approximate surface area is 125 Å². The van der Waals surface area contributed by atoms with Crippen LogP contribution >= 0.6 is 0 Å². The highest BCUT2D eigenvalue weighted by atomic mass is 16.5. The maximum atomic E-state index is 10.9. The van der Waals surface area contributed by atoms with E-state index in [1.54, 1.807) is 10.9 Å². The summed E-state index contributed by atoms with van der Waals surface area (Å²) in [5, 5.41) is 16.4. The number of hydrogen-bond acceptors (Lipinski definition) is 5. The van der Waals surface area contributed by atoms with E-state index in [1.807, 2.05) is 31.2 Å². The van der Waals surface area contributed by atoms with Crippen molar-refractivity contribution in [2.75, 3.05) is 0 Å². The number of hydroxylamine groups is 1. The smallest absolute Gasteiger partial charge is 0.267 e. The molecule has 112 valence electrons. The number of benzene rings is 1. The lowest BCUT2D eigenvalue weighted by Crippen LogP contribution is -2.14. The first-order chi connectivity index (χ1) is 10.7. The number of carbonyl (C=O) groups is 1. The summed E-state index contributed by atoms with van der Waals surface area (Å²) in [6.07, 6.45) is 4.32. The predicted molar refractivity (Wildman–Crippen MR) is 78.9 cm³/mol. The van der Waals surface area contributed by atoms with Crippen LogP contribution in [0.25, 0.3) is 17.1 Å². The van der Waals surface area contributed by atoms with Gasteiger partial charge in [0.1, 0.15) is 17.6 Å². The number of H-pyrrole nitrogens is 1. The van der Waals surface area contributed by atoms with Crippen molar-refractivity contribution in [3.63, 3.8) is 0 Å². The fourth-order valence-corrected chi connectivity index (χ4v) is 2.05. The largest absolute Gasteiger partial charge is 0.340 e. The number of rotatable bonds is 4. The first-order valence-corrected chi connectivity index (χ1v) is 6.66. The van der Waals surface area contributed by atoms with Gasteiger partial charge in [0.25, 0.3) is 5.91 Å². The number of fused-ring (bicyclic) bond motifs is 1. The van der Waals surface area contributed by atoms with Gasteiger partial charge in [-0.1, -0.05) is 17.3 Å². The second-order valence-corrected chi connectivity index (χ2v) is 4.75. The molecule has 8 nitrogen and oxygen atoms in total. The summed E-state index contributed by atoms with van der Waals surface area (Å²) in [6, 6.07) is 7.64. The van der Waals surface area contributed by atoms with E-state index in [9.17, 15) is 4.79 Å². The van der Waals surface area contributed by atoms with Gasteiger partial charge in [0.15, 0.2) is 0 Å². The SMILES string of the molecule is CC(c1nc2ccccc2[nH]1)n1cc(C=CC(=O)NO)nn1. The van der Waals surface area contributed by atoms with Crippen LogP contribution in [0.2, 0.25) is 0 Å². The lowest BCUT2D eigenvalue weighted by Gasteiger charge is -2.06. The second kappa shape index (κ2) is 5.78. The number of aromatic nitrogens is 5. The van der Waals surface area contributed by atoms with Gasteiger partial charge in [-0.05, 0) is 25.1 Å². The Morgan fingerprint density at radius 3 is 3.05 bits per heavy atom. The highest BCUT2D eigenvalue weighted by Crippen LogP contribution is 2.18. The third-order valence-electron chi connectivity index (χ3n) is 3.24. The first kappa shape index (κ1) is 14.0. The minimum Gasteiger partial charge on any atom is -0.340 e. The second-order valence-electron chi connectivity index (χ2n) is 4.75. The molecule has 2 heterocycles. The van der Waals surface area contributed by atoms with Crippen LogP contribution in [-0.2, 0) is 4.79 Å². The molecule has 0 spiro atoms. The molecule has 1 atom stereocenters. The molecular formula is C14H14N6O2. The van der Waals surface area contributed by atoms with Crippen molar-refractivity contribution >= 4 is 23.0 Å². The number of aromatic amines is 1. The maximum absolute atomic E-state index is 10.9. The summed E-state index contributed by atoms with van der Waals surface area (Å²) < 4.78 is 1.65. The molecule has 1 unspecified atom stereocenters. The third-order valence-corrected chi connectivity index (χ3v) is 3.24. The van der Waals surface area contributed by atoms with E-state index >= 15 is 0 Å². The molecule has 3 rings (SSSR count). The van der Waals surface area contributed by atoms with Crippen molar-refractivity contribution < 1.29 is 10.0 Å². The average Bonchev–Trinajstić information content (AvgIpc) is 3.18. The lowest BCUT2D eigenvalue weighted by atomic mass is 10.3. The van der Waals surface area contributed by atoms with Crippen molar-refractivity contribution in [2.24, 2.45) is 0 Å². The van der Waals surface area contributed by atoms with Crippen LogP contribution in [0.5, 0.6) is 0 Å². The molecule has 0 bridgehead atoms. The Kier molecular flexibility index (Phi) is 3.67. The number of hydrogen-bond donors (Lipinski definition) is 3. The van der Waals surface area contributed by atoms with E-state index in [0.29, 0.717) is 5.69 Å². The normalized spacial score (nSPS) is 12.8. The lowest BCUT2D eigenvalue weighted by molar-refractivity contribution is -0.124. The molecule has 0 aliphatic carbocycles. The molecule has 2 aromatic heterocycles. The topological polar surface area (TPSA) is 109 Å². The molecule has 0 radical (unpaired) electrons. The van der Waals surface area contributed by atoms with Gasteiger partial charge in [0.05, 0.1) is 17.2 Å². The summed E-state index contributed by atoms with van der Waals surface area (Å²) in [6.45, 7) is 1.94. The number of nitrogens with one attached hydrogen (secondary N) is 2. The predicted octanol–water partition coefficient (Wildman–Crippen LogP) is 1.28. The number of imidazole rings is 1. The van der Waals surface area contributed by atoms with E-state index < -0.39 is 5.91 Å². The Bertz CT molecular complexity index is 802. The number of nitrogens with zero attached hydrogens (tertiary/aromatic N) is 4. The van der Waals surface area contributed by atoms with Gasteiger partial charge >= 0.3 is 0 Å². The zero-order valence-electron chi connectivity index (χ0n) is 11.8. The summed E-state index contributed by atoms with van der Waals surface area (Å²) in [5.74, 6) is 0.148. The Morgan fingerprint density at radius 1 is 1.45 bits per heavy atom. The molecule has 0 saturated heterocycles. The van der Waals surface area contributed by atoms with E-state index in [2.05, 4.69) is 20.3 Å². The molecule has 1 amide bonds. The molecular weight excluding hydrogens is 284 g/mol. The minimum absolute atomic E-state index is 0.131. The highest BCUT2D eigenvalue weighted by Gasteiger charge is 2.14. The molecule has 3 N–H and O–H groups in total. The van der Waals surface area contributed by atoms with Gasteiger partial charge in [-0.3, -0.25) is 10.0 Å². The maximum Gasteiger partial charge on any atom is 0.267 e. The van der Waals surface area contributed by atoms with Gasteiger partial charge in [0.2, 0.25) is 0 Å². The Hall–Kier alpha value is -3.00. The molecule has 0 aliphatic heterocycles. The third kappa shape index (κ3) is 2.72. The van der Waals surface area contributed by atoms with Crippen LogP contribution in [-0.4, -0.2) is 36.1 Å². The van der Waals surface area contributed by atoms with Crippen LogP contribution in [0.4, 0.5) is 0 Å². The Balaban J connectivity index is 1.83. The van der Waals surface area contributed by atoms with Crippen molar-refractivity contribution in [3.8, 4) is 0 Å². The van der Waals surface area contributed by atoms with Crippen molar-refractivity contribution in [1.29, 1.82) is 0 Å². The summed E-state index contributed by atoms with van der Waals surface area (Å²) in [5.41, 5.74) is 3.87. The van der Waals surface area contributed by atoms with Gasteiger partial charge in [-0.15, -0.1) is 5.10 Å². The number of amides is 1. The van der Waals surface area contributed by atoms with E-state index in [0.717, 1.165) is 16.9 Å². The first-order valence-electron chi connectivity index (χ1n) is 6.66.